The largest absolute Gasteiger partial charge is 0.369 e. The molecular weight excluding hydrogens is 456 g/mol. The van der Waals surface area contributed by atoms with Gasteiger partial charge < -0.3 is 24.8 Å². The number of ketones is 1. The van der Waals surface area contributed by atoms with Crippen molar-refractivity contribution in [2.75, 3.05) is 50.8 Å². The van der Waals surface area contributed by atoms with Crippen molar-refractivity contribution in [1.82, 2.24) is 15.1 Å². The summed E-state index contributed by atoms with van der Waals surface area (Å²) in [5, 5.41) is 2.99. The second-order valence-electron chi connectivity index (χ2n) is 11.2. The first-order chi connectivity index (χ1) is 17.2. The third-order valence-electron chi connectivity index (χ3n) is 7.99. The molecule has 3 aliphatic heterocycles. The first-order valence-electron chi connectivity index (χ1n) is 13.5. The molecule has 3 fully saturated rings. The van der Waals surface area contributed by atoms with Gasteiger partial charge in [0.1, 0.15) is 18.7 Å². The normalized spacial score (nSPS) is 25.5. The van der Waals surface area contributed by atoms with Crippen LogP contribution in [-0.4, -0.2) is 91.5 Å². The molecule has 4 rings (SSSR count). The molecule has 0 aromatic heterocycles. The van der Waals surface area contributed by atoms with E-state index >= 15 is 0 Å². The number of carbonyl (C=O) groups is 3. The maximum absolute atomic E-state index is 13.7. The fourth-order valence-corrected chi connectivity index (χ4v) is 5.79. The van der Waals surface area contributed by atoms with Crippen molar-refractivity contribution in [3.8, 4) is 0 Å². The van der Waals surface area contributed by atoms with E-state index in [0.29, 0.717) is 24.4 Å². The number of fused-ring (bicyclic) bond motifs is 1. The zero-order valence-corrected chi connectivity index (χ0v) is 22.4. The number of anilines is 1. The fourth-order valence-electron chi connectivity index (χ4n) is 5.79. The molecule has 1 aromatic rings. The van der Waals surface area contributed by atoms with Crippen LogP contribution in [0.1, 0.15) is 51.4 Å². The second-order valence-corrected chi connectivity index (χ2v) is 11.2. The Morgan fingerprint density at radius 1 is 1.06 bits per heavy atom. The molecule has 1 N–H and O–H groups in total. The summed E-state index contributed by atoms with van der Waals surface area (Å²) in [6, 6.07) is 6.43. The Kier molecular flexibility index (Phi) is 8.35. The maximum atomic E-state index is 13.7. The number of likely N-dealkylation sites (N-methyl/N-ethyl adjacent to an activating group) is 1. The highest BCUT2D eigenvalue weighted by molar-refractivity contribution is 5.99. The maximum Gasteiger partial charge on any atom is 0.251 e. The van der Waals surface area contributed by atoms with Crippen LogP contribution >= 0.6 is 0 Å². The summed E-state index contributed by atoms with van der Waals surface area (Å²) < 4.78 is 5.79. The summed E-state index contributed by atoms with van der Waals surface area (Å²) in [5.41, 5.74) is 1.65. The van der Waals surface area contributed by atoms with Crippen LogP contribution in [0.25, 0.3) is 0 Å². The van der Waals surface area contributed by atoms with Gasteiger partial charge in [0.15, 0.2) is 5.78 Å². The molecule has 3 saturated heterocycles. The van der Waals surface area contributed by atoms with Crippen molar-refractivity contribution >= 4 is 23.3 Å². The molecular formula is C28H42N4O4. The van der Waals surface area contributed by atoms with Gasteiger partial charge in [-0.25, -0.2) is 0 Å². The Morgan fingerprint density at radius 2 is 1.72 bits per heavy atom. The van der Waals surface area contributed by atoms with Gasteiger partial charge in [-0.2, -0.15) is 0 Å². The predicted octanol–water partition coefficient (Wildman–Crippen LogP) is 2.42. The summed E-state index contributed by atoms with van der Waals surface area (Å²) in [4.78, 5) is 46.0. The van der Waals surface area contributed by atoms with E-state index in [9.17, 15) is 14.4 Å². The molecule has 0 unspecified atom stereocenters. The molecule has 1 aromatic carbocycles. The lowest BCUT2D eigenvalue weighted by molar-refractivity contribution is -0.138. The molecule has 0 radical (unpaired) electrons. The van der Waals surface area contributed by atoms with Crippen molar-refractivity contribution in [3.05, 3.63) is 29.8 Å². The lowest BCUT2D eigenvalue weighted by atomic mass is 9.91. The highest BCUT2D eigenvalue weighted by Gasteiger charge is 2.53. The molecule has 8 heteroatoms. The average Bonchev–Trinajstić information content (AvgIpc) is 3.44. The van der Waals surface area contributed by atoms with E-state index in [1.807, 2.05) is 38.1 Å². The van der Waals surface area contributed by atoms with Crippen LogP contribution in [0.3, 0.4) is 0 Å². The van der Waals surface area contributed by atoms with Crippen molar-refractivity contribution in [1.29, 1.82) is 0 Å². The van der Waals surface area contributed by atoms with Crippen LogP contribution in [0.5, 0.6) is 0 Å². The van der Waals surface area contributed by atoms with Gasteiger partial charge in [-0.1, -0.05) is 34.6 Å². The Labute approximate surface area is 215 Å². The minimum Gasteiger partial charge on any atom is -0.369 e. The third-order valence-corrected chi connectivity index (χ3v) is 7.99. The molecule has 0 aliphatic carbocycles. The first-order valence-corrected chi connectivity index (χ1v) is 13.5. The summed E-state index contributed by atoms with van der Waals surface area (Å²) in [6.07, 6.45) is 0.267. The SMILES string of the molecule is CCN1CCN(c2ccc(C(=O)N[C@@H](CC(C)C)C(=O)N3C[C@@H](C(C)C)[C@H]4OCC(=O)[C@H]43)cc2)CC1. The van der Waals surface area contributed by atoms with Crippen molar-refractivity contribution < 1.29 is 19.1 Å². The molecule has 0 bridgehead atoms. The minimum absolute atomic E-state index is 0.0403. The monoisotopic (exact) mass is 498 g/mol. The number of carbonyl (C=O) groups excluding carboxylic acids is 3. The van der Waals surface area contributed by atoms with Crippen LogP contribution in [-0.2, 0) is 14.3 Å². The third kappa shape index (κ3) is 5.59. The van der Waals surface area contributed by atoms with E-state index in [1.165, 1.54) is 0 Å². The Hall–Kier alpha value is -2.45. The van der Waals surface area contributed by atoms with Crippen LogP contribution < -0.4 is 10.2 Å². The molecule has 3 heterocycles. The molecule has 0 spiro atoms. The lowest BCUT2D eigenvalue weighted by Gasteiger charge is -2.35. The number of nitrogens with one attached hydrogen (secondary N) is 1. The van der Waals surface area contributed by atoms with E-state index in [2.05, 4.69) is 35.9 Å². The summed E-state index contributed by atoms with van der Waals surface area (Å²) >= 11 is 0. The number of piperazine rings is 1. The van der Waals surface area contributed by atoms with Crippen molar-refractivity contribution in [3.63, 3.8) is 0 Å². The highest BCUT2D eigenvalue weighted by atomic mass is 16.5. The number of likely N-dealkylation sites (tertiary alicyclic amines) is 1. The standard InChI is InChI=1S/C28H42N4O4/c1-6-30-11-13-31(14-12-30)21-9-7-20(8-10-21)27(34)29-23(15-18(2)3)28(35)32-16-22(19(4)5)26-25(32)24(33)17-36-26/h7-10,18-19,22-23,25-26H,6,11-17H2,1-5H3,(H,29,34)/t22-,23-,25+,26+/m0/s1. The topological polar surface area (TPSA) is 82.2 Å². The van der Waals surface area contributed by atoms with Gasteiger partial charge >= 0.3 is 0 Å². The fraction of sp³-hybridized carbons (Fsp3) is 0.679. The van der Waals surface area contributed by atoms with Crippen LogP contribution in [0.4, 0.5) is 5.69 Å². The van der Waals surface area contributed by atoms with E-state index in [4.69, 9.17) is 4.74 Å². The summed E-state index contributed by atoms with van der Waals surface area (Å²) in [5.74, 6) is 0.135. The number of Topliss-reactive ketones (excluding diaryl/α,β-unsaturated/α-hetero) is 1. The van der Waals surface area contributed by atoms with E-state index in [1.54, 1.807) is 4.90 Å². The summed E-state index contributed by atoms with van der Waals surface area (Å²) in [6.45, 7) is 16.1. The van der Waals surface area contributed by atoms with Gasteiger partial charge in [0.25, 0.3) is 5.91 Å². The zero-order chi connectivity index (χ0) is 26.0. The number of ether oxygens (including phenoxy) is 1. The predicted molar refractivity (Wildman–Crippen MR) is 140 cm³/mol. The quantitative estimate of drug-likeness (QED) is 0.593. The van der Waals surface area contributed by atoms with Gasteiger partial charge in [0.2, 0.25) is 5.91 Å². The average molecular weight is 499 g/mol. The van der Waals surface area contributed by atoms with E-state index in [0.717, 1.165) is 38.4 Å². The number of hydrogen-bond donors (Lipinski definition) is 1. The van der Waals surface area contributed by atoms with E-state index in [-0.39, 0.29) is 42.1 Å². The van der Waals surface area contributed by atoms with Crippen molar-refractivity contribution in [2.45, 2.75) is 59.2 Å². The second kappa shape index (κ2) is 11.3. The number of amides is 2. The molecule has 0 saturated carbocycles. The molecule has 36 heavy (non-hydrogen) atoms. The minimum atomic E-state index is -0.681. The van der Waals surface area contributed by atoms with E-state index < -0.39 is 12.1 Å². The Balaban J connectivity index is 1.44. The Morgan fingerprint density at radius 3 is 2.31 bits per heavy atom. The first kappa shape index (κ1) is 26.6. The number of nitrogens with zero attached hydrogens (tertiary/aromatic N) is 3. The highest BCUT2D eigenvalue weighted by Crippen LogP contribution is 2.36. The number of benzene rings is 1. The van der Waals surface area contributed by atoms with Crippen LogP contribution in [0, 0.1) is 17.8 Å². The zero-order valence-electron chi connectivity index (χ0n) is 22.4. The van der Waals surface area contributed by atoms with Crippen LogP contribution in [0.15, 0.2) is 24.3 Å². The molecule has 3 aliphatic rings. The van der Waals surface area contributed by atoms with Gasteiger partial charge in [0.05, 0.1) is 6.10 Å². The lowest BCUT2D eigenvalue weighted by Crippen LogP contribution is -2.52. The molecule has 8 nitrogen and oxygen atoms in total. The van der Waals surface area contributed by atoms with Gasteiger partial charge in [0, 0.05) is 49.9 Å². The van der Waals surface area contributed by atoms with Crippen LogP contribution in [0.2, 0.25) is 0 Å². The van der Waals surface area contributed by atoms with Crippen molar-refractivity contribution in [2.24, 2.45) is 17.8 Å². The number of rotatable bonds is 8. The van der Waals surface area contributed by atoms with Gasteiger partial charge in [-0.05, 0) is 49.1 Å². The van der Waals surface area contributed by atoms with Gasteiger partial charge in [-0.3, -0.25) is 14.4 Å². The molecule has 2 amide bonds. The summed E-state index contributed by atoms with van der Waals surface area (Å²) in [7, 11) is 0. The molecule has 4 atom stereocenters. The molecule has 198 valence electrons. The Bertz CT molecular complexity index is 939. The van der Waals surface area contributed by atoms with Gasteiger partial charge in [-0.15, -0.1) is 0 Å². The smallest absolute Gasteiger partial charge is 0.251 e. The number of hydrogen-bond acceptors (Lipinski definition) is 6.